The number of nitrogens with zero attached hydrogens (tertiary/aromatic N) is 8. The Bertz CT molecular complexity index is 3890. The van der Waals surface area contributed by atoms with Gasteiger partial charge in [0.15, 0.2) is 34.7 Å². The normalized spacial score (nSPS) is 14.0. The molecule has 0 N–H and O–H groups in total. The van der Waals surface area contributed by atoms with E-state index in [1.165, 1.54) is 0 Å². The molecular weight excluding hydrogens is 861 g/mol. The highest BCUT2D eigenvalue weighted by molar-refractivity contribution is 5.89. The van der Waals surface area contributed by atoms with E-state index in [1.54, 1.807) is 6.33 Å². The van der Waals surface area contributed by atoms with Gasteiger partial charge >= 0.3 is 0 Å². The van der Waals surface area contributed by atoms with Gasteiger partial charge in [-0.25, -0.2) is 24.9 Å². The molecule has 9 nitrogen and oxygen atoms in total. The monoisotopic (exact) mass is 900 g/mol. The van der Waals surface area contributed by atoms with Crippen LogP contribution in [-0.4, -0.2) is 39.5 Å². The van der Waals surface area contributed by atoms with E-state index in [0.29, 0.717) is 35.1 Å². The van der Waals surface area contributed by atoms with Crippen LogP contribution >= 0.6 is 0 Å². The molecule has 1 aliphatic rings. The van der Waals surface area contributed by atoms with Gasteiger partial charge in [0.1, 0.15) is 12.1 Å². The lowest BCUT2D eigenvalue weighted by molar-refractivity contribution is 0.129. The minimum atomic E-state index is -0.737. The highest BCUT2D eigenvalue weighted by atomic mass is 16.5. The predicted octanol–water partition coefficient (Wildman–Crippen LogP) is 13.9. The summed E-state index contributed by atoms with van der Waals surface area (Å²) in [6.45, 7) is 2.15. The predicted molar refractivity (Wildman–Crippen MR) is 277 cm³/mol. The third-order valence-corrected chi connectivity index (χ3v) is 13.2. The van der Waals surface area contributed by atoms with E-state index in [-0.39, 0.29) is 0 Å². The third kappa shape index (κ3) is 7.16. The lowest BCUT2D eigenvalue weighted by Gasteiger charge is -2.38. The van der Waals surface area contributed by atoms with E-state index >= 15 is 0 Å². The second-order valence-corrected chi connectivity index (χ2v) is 17.5. The smallest absolute Gasteiger partial charge is 0.239 e. The Hall–Kier alpha value is -9.47. The van der Waals surface area contributed by atoms with Crippen LogP contribution in [0.25, 0.3) is 107 Å². The van der Waals surface area contributed by atoms with Gasteiger partial charge in [-0.1, -0.05) is 188 Å². The van der Waals surface area contributed by atoms with Gasteiger partial charge in [-0.05, 0) is 70.3 Å². The van der Waals surface area contributed by atoms with E-state index in [0.717, 1.165) is 88.8 Å². The van der Waals surface area contributed by atoms with Gasteiger partial charge < -0.3 is 4.74 Å². The average molecular weight is 901 g/mol. The van der Waals surface area contributed by atoms with E-state index in [9.17, 15) is 0 Å². The standard InChI is InChI=1S/C61H40N8O/c1-61(46-23-9-4-10-24-46)51-26-14-13-25-48(51)49-34-31-43(37-54(49)70-61)47-33-32-45(36-50(47)59-65-55(40-18-5-2-6-19-40)63-56(66-59)41-20-7-3-8-21-41)58-64-57(44-30-29-39-17-11-12-22-42(39)35-44)67-60(68-58)69-38-62-52-27-15-16-28-53(52)69/h2-38H,1H3. The van der Waals surface area contributed by atoms with Crippen molar-refractivity contribution in [2.24, 2.45) is 0 Å². The summed E-state index contributed by atoms with van der Waals surface area (Å²) in [5.74, 6) is 3.82. The first-order chi connectivity index (χ1) is 34.5. The Labute approximate surface area is 403 Å². The number of fused-ring (bicyclic) bond motifs is 5. The van der Waals surface area contributed by atoms with Gasteiger partial charge in [0.2, 0.25) is 5.95 Å². The van der Waals surface area contributed by atoms with Crippen LogP contribution in [0.3, 0.4) is 0 Å². The molecule has 0 bridgehead atoms. The van der Waals surface area contributed by atoms with Gasteiger partial charge in [0, 0.05) is 38.9 Å². The van der Waals surface area contributed by atoms with Crippen LogP contribution in [0.15, 0.2) is 225 Å². The zero-order chi connectivity index (χ0) is 46.6. The SMILES string of the molecule is CC1(c2ccccc2)Oc2cc(-c3ccc(-c4nc(-c5ccc6ccccc6c5)nc(-n5cnc6ccccc65)n4)cc3-c3nc(-c4ccccc4)nc(-c4ccccc4)n3)ccc2-c2ccccc21. The molecule has 0 saturated heterocycles. The molecule has 0 aliphatic carbocycles. The fourth-order valence-electron chi connectivity index (χ4n) is 9.60. The van der Waals surface area contributed by atoms with Crippen molar-refractivity contribution < 1.29 is 4.74 Å². The summed E-state index contributed by atoms with van der Waals surface area (Å²) in [6.07, 6.45) is 1.77. The maximum atomic E-state index is 7.17. The summed E-state index contributed by atoms with van der Waals surface area (Å²) >= 11 is 0. The first kappa shape index (κ1) is 40.8. The molecule has 9 aromatic carbocycles. The summed E-state index contributed by atoms with van der Waals surface area (Å²) in [5.41, 5.74) is 11.3. The molecule has 0 amide bonds. The Morgan fingerprint density at radius 1 is 0.386 bits per heavy atom. The zero-order valence-corrected chi connectivity index (χ0v) is 37.8. The van der Waals surface area contributed by atoms with Crippen LogP contribution in [0.1, 0.15) is 18.1 Å². The van der Waals surface area contributed by atoms with Crippen molar-refractivity contribution in [1.29, 1.82) is 0 Å². The number of hydrogen-bond acceptors (Lipinski definition) is 8. The van der Waals surface area contributed by atoms with Crippen LogP contribution in [0.2, 0.25) is 0 Å². The Morgan fingerprint density at radius 2 is 0.943 bits per heavy atom. The van der Waals surface area contributed by atoms with E-state index in [2.05, 4.69) is 122 Å². The van der Waals surface area contributed by atoms with Gasteiger partial charge in [0.25, 0.3) is 0 Å². The second-order valence-electron chi connectivity index (χ2n) is 17.5. The molecule has 330 valence electrons. The Morgan fingerprint density at radius 3 is 1.69 bits per heavy atom. The summed E-state index contributed by atoms with van der Waals surface area (Å²) in [5, 5.41) is 2.22. The zero-order valence-electron chi connectivity index (χ0n) is 37.8. The van der Waals surface area contributed by atoms with Gasteiger partial charge in [-0.3, -0.25) is 4.57 Å². The van der Waals surface area contributed by atoms with Crippen LogP contribution in [0.5, 0.6) is 5.75 Å². The van der Waals surface area contributed by atoms with Crippen molar-refractivity contribution in [2.45, 2.75) is 12.5 Å². The number of rotatable bonds is 8. The van der Waals surface area contributed by atoms with Gasteiger partial charge in [-0.2, -0.15) is 9.97 Å². The topological polar surface area (TPSA) is 104 Å². The van der Waals surface area contributed by atoms with Crippen LogP contribution < -0.4 is 4.74 Å². The molecule has 4 heterocycles. The minimum absolute atomic E-state index is 0.443. The molecule has 1 aliphatic heterocycles. The van der Waals surface area contributed by atoms with E-state index in [1.807, 2.05) is 108 Å². The van der Waals surface area contributed by atoms with Gasteiger partial charge in [-0.15, -0.1) is 0 Å². The number of para-hydroxylation sites is 2. The molecule has 1 atom stereocenters. The average Bonchev–Trinajstić information content (AvgIpc) is 3.88. The fraction of sp³-hybridized carbons (Fsp3) is 0.0328. The Balaban J connectivity index is 1.04. The number of aromatic nitrogens is 8. The molecular formula is C61H40N8O. The van der Waals surface area contributed by atoms with E-state index in [4.69, 9.17) is 39.6 Å². The second kappa shape index (κ2) is 16.7. The number of ether oxygens (including phenoxy) is 1. The maximum Gasteiger partial charge on any atom is 0.239 e. The number of imidazole rings is 1. The number of benzene rings is 9. The lowest BCUT2D eigenvalue weighted by Crippen LogP contribution is -2.34. The van der Waals surface area contributed by atoms with Crippen LogP contribution in [-0.2, 0) is 5.60 Å². The van der Waals surface area contributed by atoms with Gasteiger partial charge in [0.05, 0.1) is 11.0 Å². The highest BCUT2D eigenvalue weighted by Gasteiger charge is 2.38. The number of hydrogen-bond donors (Lipinski definition) is 0. The minimum Gasteiger partial charge on any atom is -0.477 e. The molecule has 0 spiro atoms. The maximum absolute atomic E-state index is 7.17. The highest BCUT2D eigenvalue weighted by Crippen LogP contribution is 2.50. The quantitative estimate of drug-likeness (QED) is 0.148. The van der Waals surface area contributed by atoms with Crippen molar-refractivity contribution in [3.8, 4) is 90.9 Å². The molecule has 0 fully saturated rings. The molecule has 1 unspecified atom stereocenters. The summed E-state index contributed by atoms with van der Waals surface area (Å²) in [6, 6.07) is 74.3. The molecule has 0 radical (unpaired) electrons. The Kier molecular flexibility index (Phi) is 9.72. The third-order valence-electron chi connectivity index (χ3n) is 13.2. The molecule has 9 heteroatoms. The summed E-state index contributed by atoms with van der Waals surface area (Å²) < 4.78 is 9.09. The van der Waals surface area contributed by atoms with Crippen molar-refractivity contribution >= 4 is 21.8 Å². The molecule has 13 rings (SSSR count). The van der Waals surface area contributed by atoms with Crippen LogP contribution in [0, 0.1) is 0 Å². The molecule has 0 saturated carbocycles. The largest absolute Gasteiger partial charge is 0.477 e. The van der Waals surface area contributed by atoms with Crippen LogP contribution in [0.4, 0.5) is 0 Å². The molecule has 70 heavy (non-hydrogen) atoms. The van der Waals surface area contributed by atoms with Crippen molar-refractivity contribution in [1.82, 2.24) is 39.5 Å². The first-order valence-electron chi connectivity index (χ1n) is 23.2. The fourth-order valence-corrected chi connectivity index (χ4v) is 9.60. The lowest BCUT2D eigenvalue weighted by atomic mass is 9.80. The molecule has 3 aromatic heterocycles. The summed E-state index contributed by atoms with van der Waals surface area (Å²) in [7, 11) is 0. The van der Waals surface area contributed by atoms with E-state index < -0.39 is 5.60 Å². The van der Waals surface area contributed by atoms with Crippen molar-refractivity contribution in [3.05, 3.63) is 236 Å². The van der Waals surface area contributed by atoms with Crippen molar-refractivity contribution in [3.63, 3.8) is 0 Å². The summed E-state index contributed by atoms with van der Waals surface area (Å²) in [4.78, 5) is 35.8. The first-order valence-corrected chi connectivity index (χ1v) is 23.2. The molecule has 12 aromatic rings. The van der Waals surface area contributed by atoms with Crippen molar-refractivity contribution in [2.75, 3.05) is 0 Å².